The lowest BCUT2D eigenvalue weighted by Crippen LogP contribution is -2.31. The predicted octanol–water partition coefficient (Wildman–Crippen LogP) is 2.82. The van der Waals surface area contributed by atoms with Gasteiger partial charge >= 0.3 is 6.09 Å². The number of nitrogens with zero attached hydrogens (tertiary/aromatic N) is 1. The van der Waals surface area contributed by atoms with Gasteiger partial charge in [-0.15, -0.1) is 10.1 Å². The van der Waals surface area contributed by atoms with Crippen LogP contribution >= 0.6 is 0 Å². The Labute approximate surface area is 157 Å². The van der Waals surface area contributed by atoms with Crippen LogP contribution in [-0.2, 0) is 26.2 Å². The zero-order valence-electron chi connectivity index (χ0n) is 14.8. The lowest BCUT2D eigenvalue weighted by Gasteiger charge is -2.08. The number of carbonyl (C=O) groups excluding carboxylic acids is 1. The lowest BCUT2D eigenvalue weighted by molar-refractivity contribution is -0.756. The maximum Gasteiger partial charge on any atom is 0.421 e. The fourth-order valence-electron chi connectivity index (χ4n) is 1.74. The summed E-state index contributed by atoms with van der Waals surface area (Å²) in [6.45, 7) is 3.55. The molecular weight excluding hydrogens is 376 g/mol. The molecule has 146 valence electrons. The molecule has 0 aliphatic rings. The molecule has 0 unspecified atom stereocenters. The average molecular weight is 396 g/mol. The summed E-state index contributed by atoms with van der Waals surface area (Å²) in [4.78, 5) is 24.5. The van der Waals surface area contributed by atoms with Crippen LogP contribution in [0.1, 0.15) is 18.1 Å². The predicted molar refractivity (Wildman–Crippen MR) is 96.7 cm³/mol. The molecule has 0 saturated carbocycles. The number of ether oxygens (including phenoxy) is 1. The molecule has 10 heteroatoms. The van der Waals surface area contributed by atoms with Gasteiger partial charge in [0.05, 0.1) is 11.5 Å². The van der Waals surface area contributed by atoms with E-state index in [1.54, 1.807) is 43.3 Å². The molecule has 2 aromatic rings. The van der Waals surface area contributed by atoms with Crippen LogP contribution in [0.3, 0.4) is 0 Å². The first-order chi connectivity index (χ1) is 12.7. The summed E-state index contributed by atoms with van der Waals surface area (Å²) in [6, 6.07) is 15.2. The summed E-state index contributed by atoms with van der Waals surface area (Å²) in [5.74, 6) is 0. The molecule has 0 aliphatic heterocycles. The summed E-state index contributed by atoms with van der Waals surface area (Å²) in [5.41, 5.74) is 1.71. The van der Waals surface area contributed by atoms with E-state index in [4.69, 9.17) is 4.74 Å². The minimum atomic E-state index is -3.91. The van der Waals surface area contributed by atoms with Gasteiger partial charge in [-0.05, 0) is 31.5 Å². The number of carbonyl (C=O) groups is 1. The van der Waals surface area contributed by atoms with E-state index < -0.39 is 21.2 Å². The SMILES string of the molecule is CCO[N+](=O)[O-].Cc1ccc(S(=O)(=O)NC(=O)OCc2ccccc2)cc1. The van der Waals surface area contributed by atoms with Crippen molar-refractivity contribution in [2.45, 2.75) is 25.3 Å². The summed E-state index contributed by atoms with van der Waals surface area (Å²) in [6.07, 6.45) is -1.00. The topological polar surface area (TPSA) is 125 Å². The number of rotatable bonds is 6. The van der Waals surface area contributed by atoms with Crippen molar-refractivity contribution in [2.24, 2.45) is 0 Å². The Morgan fingerprint density at radius 2 is 1.70 bits per heavy atom. The molecule has 27 heavy (non-hydrogen) atoms. The smallest absolute Gasteiger partial charge is 0.421 e. The van der Waals surface area contributed by atoms with Crippen molar-refractivity contribution in [2.75, 3.05) is 6.61 Å². The van der Waals surface area contributed by atoms with Gasteiger partial charge in [-0.25, -0.2) is 17.9 Å². The van der Waals surface area contributed by atoms with Gasteiger partial charge in [-0.1, -0.05) is 48.0 Å². The Hall–Kier alpha value is -3.14. The van der Waals surface area contributed by atoms with Crippen molar-refractivity contribution in [1.29, 1.82) is 0 Å². The van der Waals surface area contributed by atoms with Crippen LogP contribution in [0.2, 0.25) is 0 Å². The Balaban J connectivity index is 0.000000527. The van der Waals surface area contributed by atoms with Crippen LogP contribution in [-0.4, -0.2) is 26.2 Å². The quantitative estimate of drug-likeness (QED) is 0.588. The Bertz CT molecular complexity index is 837. The molecule has 0 bridgehead atoms. The second kappa shape index (κ2) is 10.8. The molecule has 1 N–H and O–H groups in total. The first-order valence-electron chi connectivity index (χ1n) is 7.82. The van der Waals surface area contributed by atoms with Gasteiger partial charge in [0.1, 0.15) is 6.61 Å². The van der Waals surface area contributed by atoms with Crippen LogP contribution < -0.4 is 4.72 Å². The van der Waals surface area contributed by atoms with Crippen LogP contribution in [0, 0.1) is 17.0 Å². The van der Waals surface area contributed by atoms with Gasteiger partial charge in [0, 0.05) is 0 Å². The van der Waals surface area contributed by atoms with Crippen molar-refractivity contribution in [3.8, 4) is 0 Å². The van der Waals surface area contributed by atoms with Crippen LogP contribution in [0.5, 0.6) is 0 Å². The highest BCUT2D eigenvalue weighted by molar-refractivity contribution is 7.90. The Kier molecular flexibility index (Phi) is 8.73. The van der Waals surface area contributed by atoms with E-state index in [0.717, 1.165) is 11.1 Å². The van der Waals surface area contributed by atoms with Crippen molar-refractivity contribution < 1.29 is 27.9 Å². The molecule has 0 atom stereocenters. The van der Waals surface area contributed by atoms with E-state index in [1.807, 2.05) is 17.7 Å². The molecule has 0 saturated heterocycles. The number of amides is 1. The van der Waals surface area contributed by atoms with Crippen molar-refractivity contribution in [1.82, 2.24) is 4.72 Å². The minimum Gasteiger partial charge on any atom is -0.444 e. The van der Waals surface area contributed by atoms with E-state index in [0.29, 0.717) is 0 Å². The number of benzene rings is 2. The Morgan fingerprint density at radius 3 is 2.19 bits per heavy atom. The highest BCUT2D eigenvalue weighted by Crippen LogP contribution is 2.10. The fraction of sp³-hybridized carbons (Fsp3) is 0.235. The molecule has 0 radical (unpaired) electrons. The van der Waals surface area contributed by atoms with E-state index in [2.05, 4.69) is 4.84 Å². The van der Waals surface area contributed by atoms with Gasteiger partial charge in [0.25, 0.3) is 15.1 Å². The van der Waals surface area contributed by atoms with E-state index >= 15 is 0 Å². The first-order valence-corrected chi connectivity index (χ1v) is 9.30. The van der Waals surface area contributed by atoms with Gasteiger partial charge in [-0.3, -0.25) is 0 Å². The standard InChI is InChI=1S/C15H15NO4S.C2H5NO3/c1-12-7-9-14(10-8-12)21(18,19)16-15(17)20-11-13-5-3-2-4-6-13;1-2-6-3(4)5/h2-10H,11H2,1H3,(H,16,17);2H2,1H3. The monoisotopic (exact) mass is 396 g/mol. The third-order valence-corrected chi connectivity index (χ3v) is 4.32. The maximum absolute atomic E-state index is 12.0. The summed E-state index contributed by atoms with van der Waals surface area (Å²) in [7, 11) is -3.91. The molecule has 0 spiro atoms. The fourth-order valence-corrected chi connectivity index (χ4v) is 2.63. The summed E-state index contributed by atoms with van der Waals surface area (Å²) in [5, 5.41) is 8.36. The van der Waals surface area contributed by atoms with Crippen molar-refractivity contribution in [3.05, 3.63) is 75.8 Å². The molecule has 0 aromatic heterocycles. The van der Waals surface area contributed by atoms with E-state index in [1.165, 1.54) is 12.1 Å². The molecule has 1 amide bonds. The van der Waals surface area contributed by atoms with E-state index in [-0.39, 0.29) is 18.1 Å². The highest BCUT2D eigenvalue weighted by atomic mass is 32.2. The van der Waals surface area contributed by atoms with Crippen LogP contribution in [0.25, 0.3) is 0 Å². The normalized spacial score (nSPS) is 10.1. The maximum atomic E-state index is 12.0. The van der Waals surface area contributed by atoms with Crippen molar-refractivity contribution in [3.63, 3.8) is 0 Å². The molecule has 0 fully saturated rings. The third kappa shape index (κ3) is 8.68. The van der Waals surface area contributed by atoms with Crippen LogP contribution in [0.4, 0.5) is 4.79 Å². The minimum absolute atomic E-state index is 0.0100. The lowest BCUT2D eigenvalue weighted by atomic mass is 10.2. The zero-order chi connectivity index (χ0) is 20.3. The number of sulfonamides is 1. The molecule has 9 nitrogen and oxygen atoms in total. The van der Waals surface area contributed by atoms with E-state index in [9.17, 15) is 23.3 Å². The molecule has 0 aliphatic carbocycles. The van der Waals surface area contributed by atoms with Crippen molar-refractivity contribution >= 4 is 16.1 Å². The average Bonchev–Trinajstić information content (AvgIpc) is 2.61. The molecule has 2 rings (SSSR count). The van der Waals surface area contributed by atoms with Gasteiger partial charge in [0.15, 0.2) is 0 Å². The van der Waals surface area contributed by atoms with Gasteiger partial charge in [0.2, 0.25) is 0 Å². The number of hydrogen-bond donors (Lipinski definition) is 1. The number of hydrogen-bond acceptors (Lipinski definition) is 7. The summed E-state index contributed by atoms with van der Waals surface area (Å²) >= 11 is 0. The largest absolute Gasteiger partial charge is 0.444 e. The molecule has 0 heterocycles. The second-order valence-electron chi connectivity index (χ2n) is 5.12. The number of aryl methyl sites for hydroxylation is 1. The van der Waals surface area contributed by atoms with Crippen LogP contribution in [0.15, 0.2) is 59.5 Å². The molecule has 2 aromatic carbocycles. The zero-order valence-corrected chi connectivity index (χ0v) is 15.6. The first kappa shape index (κ1) is 21.9. The van der Waals surface area contributed by atoms with Gasteiger partial charge < -0.3 is 9.57 Å². The Morgan fingerprint density at radius 1 is 1.11 bits per heavy atom. The highest BCUT2D eigenvalue weighted by Gasteiger charge is 2.18. The molecular formula is C17H20N2O7S. The second-order valence-corrected chi connectivity index (χ2v) is 6.80. The number of nitrogens with one attached hydrogen (secondary N) is 1. The van der Waals surface area contributed by atoms with Gasteiger partial charge in [-0.2, -0.15) is 0 Å². The third-order valence-electron chi connectivity index (χ3n) is 3.00. The summed E-state index contributed by atoms with van der Waals surface area (Å²) < 4.78 is 30.7.